The number of phosphoric ester groups is 1. The van der Waals surface area contributed by atoms with Gasteiger partial charge in [0.15, 0.2) is 18.2 Å². The zero-order chi connectivity index (χ0) is 18.6. The molecule has 0 aliphatic rings. The van der Waals surface area contributed by atoms with Gasteiger partial charge in [0, 0.05) is 7.11 Å². The van der Waals surface area contributed by atoms with Gasteiger partial charge in [-0.05, 0) is 0 Å². The van der Waals surface area contributed by atoms with Crippen LogP contribution in [-0.2, 0) is 23.0 Å². The number of carbonyl (C=O) groups is 1. The Labute approximate surface area is 135 Å². The van der Waals surface area contributed by atoms with Gasteiger partial charge in [-0.3, -0.25) is 23.9 Å². The molecule has 1 rings (SSSR count). The Morgan fingerprint density at radius 1 is 1.50 bits per heavy atom. The summed E-state index contributed by atoms with van der Waals surface area (Å²) in [6, 6.07) is 0. The summed E-state index contributed by atoms with van der Waals surface area (Å²) in [4.78, 5) is 42.3. The maximum absolute atomic E-state index is 10.7. The highest BCUT2D eigenvalue weighted by atomic mass is 31.2. The van der Waals surface area contributed by atoms with E-state index in [0.29, 0.717) is 12.2 Å². The molecule has 0 spiro atoms. The normalized spacial score (nSPS) is 14.1. The third kappa shape index (κ3) is 12.7. The smallest absolute Gasteiger partial charge is 0.449 e. The van der Waals surface area contributed by atoms with Crippen molar-refractivity contribution in [3.63, 3.8) is 0 Å². The first-order chi connectivity index (χ1) is 11.1. The van der Waals surface area contributed by atoms with E-state index in [2.05, 4.69) is 28.8 Å². The van der Waals surface area contributed by atoms with E-state index in [4.69, 9.17) is 20.4 Å². The van der Waals surface area contributed by atoms with Crippen molar-refractivity contribution in [2.75, 3.05) is 25.6 Å². The van der Waals surface area contributed by atoms with Crippen LogP contribution in [0.25, 0.3) is 0 Å². The van der Waals surface area contributed by atoms with Gasteiger partial charge in [0.1, 0.15) is 6.26 Å². The third-order valence-electron chi connectivity index (χ3n) is 1.76. The molecule has 0 saturated carbocycles. The lowest BCUT2D eigenvalue weighted by Crippen LogP contribution is -2.29. The van der Waals surface area contributed by atoms with E-state index in [-0.39, 0.29) is 13.2 Å². The van der Waals surface area contributed by atoms with Crippen LogP contribution in [0.1, 0.15) is 0 Å². The van der Waals surface area contributed by atoms with Crippen LogP contribution in [-0.4, -0.2) is 52.3 Å². The third-order valence-corrected chi connectivity index (χ3v) is 3.25. The first kappa shape index (κ1) is 22.2. The minimum Gasteiger partial charge on any atom is -0.449 e. The molecule has 0 aromatic carbocycles. The lowest BCUT2D eigenvalue weighted by atomic mass is 10.7. The van der Waals surface area contributed by atoms with Crippen molar-refractivity contribution in [1.29, 1.82) is 0 Å². The number of amides is 1. The molecule has 7 N–H and O–H groups in total. The Morgan fingerprint density at radius 3 is 2.62 bits per heavy atom. The van der Waals surface area contributed by atoms with Gasteiger partial charge in [-0.25, -0.2) is 9.13 Å². The summed E-state index contributed by atoms with van der Waals surface area (Å²) in [5, 5.41) is 3.91. The maximum Gasteiger partial charge on any atom is 0.471 e. The van der Waals surface area contributed by atoms with Crippen LogP contribution in [0.15, 0.2) is 22.1 Å². The van der Waals surface area contributed by atoms with Crippen molar-refractivity contribution in [3.8, 4) is 0 Å². The molecule has 1 heterocycles. The standard InChI is InChI=1S/C4H13N3O7P2.C4H4N2O2/c1-13-16(11,12)14-3-2-6-4(5)7-15(8,9)10;7-2-5-4-1-8-3-6-4/h2-3H2,1H3,(H,11,12)(H5,5,6,7,8,9,10);1-3H,(H,5,7). The van der Waals surface area contributed by atoms with Crippen LogP contribution < -0.4 is 16.1 Å². The minimum atomic E-state index is -4.48. The average molecular weight is 389 g/mol. The average Bonchev–Trinajstić information content (AvgIpc) is 2.96. The van der Waals surface area contributed by atoms with E-state index in [0.717, 1.165) is 7.11 Å². The van der Waals surface area contributed by atoms with E-state index >= 15 is 0 Å². The number of nitrogens with zero attached hydrogens (tertiary/aromatic N) is 2. The van der Waals surface area contributed by atoms with Gasteiger partial charge in [-0.15, -0.1) is 0 Å². The zero-order valence-electron chi connectivity index (χ0n) is 12.3. The molecule has 0 aliphatic carbocycles. The second kappa shape index (κ2) is 10.9. The van der Waals surface area contributed by atoms with Crippen LogP contribution in [0.2, 0.25) is 0 Å². The van der Waals surface area contributed by atoms with Crippen LogP contribution in [0, 0.1) is 0 Å². The predicted octanol–water partition coefficient (Wildman–Crippen LogP) is -1.01. The fraction of sp³-hybridized carbons (Fsp3) is 0.375. The number of rotatable bonds is 8. The number of guanidine groups is 1. The fourth-order valence-corrected chi connectivity index (χ4v) is 1.69. The maximum atomic E-state index is 10.7. The number of anilines is 1. The molecule has 0 saturated heterocycles. The Bertz CT molecular complexity index is 601. The lowest BCUT2D eigenvalue weighted by Gasteiger charge is -2.08. The van der Waals surface area contributed by atoms with Crippen molar-refractivity contribution >= 4 is 33.8 Å². The summed E-state index contributed by atoms with van der Waals surface area (Å²) >= 11 is 0. The Hall–Kier alpha value is -1.79. The van der Waals surface area contributed by atoms with Crippen molar-refractivity contribution in [1.82, 2.24) is 10.1 Å². The number of nitrogens with two attached hydrogens (primary N) is 1. The van der Waals surface area contributed by atoms with E-state index in [1.807, 2.05) is 0 Å². The van der Waals surface area contributed by atoms with Gasteiger partial charge in [0.25, 0.3) is 0 Å². The summed E-state index contributed by atoms with van der Waals surface area (Å²) in [6.45, 7) is -0.447. The number of aliphatic imine (C=N–C) groups is 1. The molecule has 0 fully saturated rings. The quantitative estimate of drug-likeness (QED) is 0.104. The topological polar surface area (TPSA) is 219 Å². The fourth-order valence-electron chi connectivity index (χ4n) is 0.904. The second-order valence-corrected chi connectivity index (χ2v) is 6.42. The number of aromatic nitrogens is 1. The Kier molecular flexibility index (Phi) is 10.1. The molecule has 1 aromatic rings. The highest BCUT2D eigenvalue weighted by Gasteiger charge is 2.17. The predicted molar refractivity (Wildman–Crippen MR) is 80.6 cm³/mol. The van der Waals surface area contributed by atoms with Crippen LogP contribution in [0.4, 0.5) is 5.82 Å². The summed E-state index contributed by atoms with van der Waals surface area (Å²) < 4.78 is 34.1. The molecule has 14 nitrogen and oxygen atoms in total. The highest BCUT2D eigenvalue weighted by Crippen LogP contribution is 2.41. The molecule has 1 aromatic heterocycles. The summed E-state index contributed by atoms with van der Waals surface area (Å²) in [6.07, 6.45) is 3.12. The Morgan fingerprint density at radius 2 is 2.17 bits per heavy atom. The van der Waals surface area contributed by atoms with Gasteiger partial charge in [0.05, 0.1) is 13.2 Å². The molecule has 1 unspecified atom stereocenters. The van der Waals surface area contributed by atoms with Gasteiger partial charge >= 0.3 is 15.6 Å². The zero-order valence-corrected chi connectivity index (χ0v) is 14.1. The van der Waals surface area contributed by atoms with Crippen molar-refractivity contribution in [2.24, 2.45) is 10.7 Å². The minimum absolute atomic E-state index is 0.160. The SMILES string of the molecule is COP(=O)(O)OCCN=C(N)NP(=O)(O)O.O=CNc1cocn1. The molecule has 0 radical (unpaired) electrons. The van der Waals surface area contributed by atoms with E-state index in [1.54, 1.807) is 5.09 Å². The van der Waals surface area contributed by atoms with Crippen LogP contribution in [0.5, 0.6) is 0 Å². The number of nitrogens with one attached hydrogen (secondary N) is 2. The van der Waals surface area contributed by atoms with Crippen LogP contribution >= 0.6 is 15.6 Å². The van der Waals surface area contributed by atoms with Crippen molar-refractivity contribution < 1.29 is 42.1 Å². The van der Waals surface area contributed by atoms with Gasteiger partial charge in [-0.1, -0.05) is 0 Å². The van der Waals surface area contributed by atoms with Crippen molar-refractivity contribution in [3.05, 3.63) is 12.7 Å². The lowest BCUT2D eigenvalue weighted by molar-refractivity contribution is -0.105. The van der Waals surface area contributed by atoms with Crippen LogP contribution in [0.3, 0.4) is 0 Å². The van der Waals surface area contributed by atoms with Crippen molar-refractivity contribution in [2.45, 2.75) is 0 Å². The monoisotopic (exact) mass is 389 g/mol. The van der Waals surface area contributed by atoms with Gasteiger partial charge in [-0.2, -0.15) is 4.98 Å². The molecular weight excluding hydrogens is 372 g/mol. The van der Waals surface area contributed by atoms with Gasteiger partial charge in [0.2, 0.25) is 6.41 Å². The Balaban J connectivity index is 0.000000546. The van der Waals surface area contributed by atoms with E-state index in [9.17, 15) is 13.9 Å². The largest absolute Gasteiger partial charge is 0.471 e. The number of carbonyl (C=O) groups excluding carboxylic acids is 1. The molecular formula is C8H17N5O9P2. The summed E-state index contributed by atoms with van der Waals surface area (Å²) in [5.41, 5.74) is 5.07. The second-order valence-electron chi connectivity index (χ2n) is 3.54. The number of phosphoric acid groups is 1. The molecule has 24 heavy (non-hydrogen) atoms. The number of hydrogen-bond donors (Lipinski definition) is 6. The molecule has 138 valence electrons. The number of oxazole rings is 1. The number of hydrogen-bond acceptors (Lipinski definition) is 8. The molecule has 16 heteroatoms. The highest BCUT2D eigenvalue weighted by molar-refractivity contribution is 7.50. The van der Waals surface area contributed by atoms with E-state index < -0.39 is 21.5 Å². The molecule has 0 aliphatic heterocycles. The molecule has 1 atom stereocenters. The summed E-state index contributed by atoms with van der Waals surface area (Å²) in [7, 11) is -7.55. The first-order valence-corrected chi connectivity index (χ1v) is 8.95. The summed E-state index contributed by atoms with van der Waals surface area (Å²) in [5.74, 6) is -0.0675. The first-order valence-electron chi connectivity index (χ1n) is 5.85. The van der Waals surface area contributed by atoms with Gasteiger partial charge < -0.3 is 30.1 Å². The molecule has 1 amide bonds. The van der Waals surface area contributed by atoms with E-state index in [1.165, 1.54) is 12.7 Å². The molecule has 0 bridgehead atoms.